The number of nitrogens with two attached hydrogens (primary N) is 1. The molecule has 0 bridgehead atoms. The molecule has 0 saturated carbocycles. The number of amides is 3. The molecule has 7 nitrogen and oxygen atoms in total. The molecule has 0 aromatic rings. The first kappa shape index (κ1) is 15.6. The second-order valence-electron chi connectivity index (χ2n) is 5.16. The number of nitrogens with one attached hydrogen (secondary N) is 3. The topological polar surface area (TPSA) is 113 Å². The van der Waals surface area contributed by atoms with Crippen molar-refractivity contribution in [2.24, 2.45) is 11.7 Å². The summed E-state index contributed by atoms with van der Waals surface area (Å²) in [5.41, 5.74) is 5.66. The van der Waals surface area contributed by atoms with Gasteiger partial charge in [-0.3, -0.25) is 19.7 Å². The Bertz CT molecular complexity index is 353. The Morgan fingerprint density at radius 2 is 2.00 bits per heavy atom. The Hall–Kier alpha value is -1.47. The van der Waals surface area contributed by atoms with Crippen LogP contribution in [0.3, 0.4) is 0 Å². The van der Waals surface area contributed by atoms with Crippen LogP contribution in [0.15, 0.2) is 0 Å². The number of carbonyl (C=O) groups is 3. The largest absolute Gasteiger partial charge is 0.346 e. The minimum atomic E-state index is -0.628. The van der Waals surface area contributed by atoms with Gasteiger partial charge in [-0.2, -0.15) is 0 Å². The Kier molecular flexibility index (Phi) is 5.91. The fourth-order valence-electron chi connectivity index (χ4n) is 1.69. The second-order valence-corrected chi connectivity index (χ2v) is 5.16. The van der Waals surface area contributed by atoms with E-state index in [2.05, 4.69) is 16.0 Å². The van der Waals surface area contributed by atoms with E-state index in [9.17, 15) is 14.4 Å². The molecule has 1 aliphatic heterocycles. The van der Waals surface area contributed by atoms with Gasteiger partial charge < -0.3 is 16.4 Å². The van der Waals surface area contributed by atoms with Gasteiger partial charge in [0.15, 0.2) is 0 Å². The third kappa shape index (κ3) is 5.35. The molecule has 19 heavy (non-hydrogen) atoms. The standard InChI is InChI=1S/C12H22N4O3/c1-7(2)5-8(13)11(18)15-6-10(17)16-12(19)9-3-4-14-9/h7-9,14H,3-6,13H2,1-2H3,(H,15,18)(H,16,17,19)/t8-,9+/m0/s1. The number of hydrogen-bond donors (Lipinski definition) is 4. The van der Waals surface area contributed by atoms with Crippen molar-refractivity contribution < 1.29 is 14.4 Å². The maximum atomic E-state index is 11.6. The van der Waals surface area contributed by atoms with E-state index < -0.39 is 11.9 Å². The Morgan fingerprint density at radius 1 is 1.37 bits per heavy atom. The highest BCUT2D eigenvalue weighted by Gasteiger charge is 2.25. The molecule has 1 saturated heterocycles. The van der Waals surface area contributed by atoms with Crippen molar-refractivity contribution in [3.05, 3.63) is 0 Å². The van der Waals surface area contributed by atoms with Crippen molar-refractivity contribution in [1.82, 2.24) is 16.0 Å². The summed E-state index contributed by atoms with van der Waals surface area (Å²) < 4.78 is 0. The van der Waals surface area contributed by atoms with E-state index in [0.717, 1.165) is 13.0 Å². The molecule has 0 radical (unpaired) electrons. The van der Waals surface area contributed by atoms with Crippen molar-refractivity contribution in [2.75, 3.05) is 13.1 Å². The van der Waals surface area contributed by atoms with Gasteiger partial charge in [0.2, 0.25) is 17.7 Å². The molecular weight excluding hydrogens is 248 g/mol. The van der Waals surface area contributed by atoms with Crippen LogP contribution in [0, 0.1) is 5.92 Å². The van der Waals surface area contributed by atoms with Crippen LogP contribution >= 0.6 is 0 Å². The van der Waals surface area contributed by atoms with Crippen LogP contribution < -0.4 is 21.7 Å². The van der Waals surface area contributed by atoms with E-state index in [4.69, 9.17) is 5.73 Å². The molecule has 1 heterocycles. The maximum Gasteiger partial charge on any atom is 0.245 e. The molecule has 5 N–H and O–H groups in total. The van der Waals surface area contributed by atoms with Crippen molar-refractivity contribution in [3.63, 3.8) is 0 Å². The van der Waals surface area contributed by atoms with Crippen LogP contribution in [0.4, 0.5) is 0 Å². The summed E-state index contributed by atoms with van der Waals surface area (Å²) in [6, 6.07) is -0.917. The first-order valence-electron chi connectivity index (χ1n) is 6.50. The number of hydrogen-bond acceptors (Lipinski definition) is 5. The zero-order chi connectivity index (χ0) is 14.4. The molecule has 2 atom stereocenters. The monoisotopic (exact) mass is 270 g/mol. The average molecular weight is 270 g/mol. The summed E-state index contributed by atoms with van der Waals surface area (Å²) in [7, 11) is 0. The van der Waals surface area contributed by atoms with E-state index in [0.29, 0.717) is 12.3 Å². The van der Waals surface area contributed by atoms with Gasteiger partial charge in [-0.15, -0.1) is 0 Å². The van der Waals surface area contributed by atoms with E-state index >= 15 is 0 Å². The smallest absolute Gasteiger partial charge is 0.245 e. The van der Waals surface area contributed by atoms with Gasteiger partial charge in [-0.05, 0) is 25.3 Å². The maximum absolute atomic E-state index is 11.6. The summed E-state index contributed by atoms with van der Waals surface area (Å²) >= 11 is 0. The lowest BCUT2D eigenvalue weighted by Gasteiger charge is -2.25. The van der Waals surface area contributed by atoms with Gasteiger partial charge in [0.05, 0.1) is 18.6 Å². The normalized spacial score (nSPS) is 19.5. The third-order valence-corrected chi connectivity index (χ3v) is 2.89. The van der Waals surface area contributed by atoms with Crippen LogP contribution in [0.2, 0.25) is 0 Å². The van der Waals surface area contributed by atoms with E-state index in [1.807, 2.05) is 13.8 Å². The van der Waals surface area contributed by atoms with E-state index in [1.165, 1.54) is 0 Å². The quantitative estimate of drug-likeness (QED) is 0.468. The van der Waals surface area contributed by atoms with Crippen molar-refractivity contribution in [2.45, 2.75) is 38.8 Å². The minimum Gasteiger partial charge on any atom is -0.346 e. The molecule has 108 valence electrons. The molecule has 0 aliphatic carbocycles. The Morgan fingerprint density at radius 3 is 2.47 bits per heavy atom. The number of rotatable bonds is 6. The fourth-order valence-corrected chi connectivity index (χ4v) is 1.69. The number of carbonyl (C=O) groups excluding carboxylic acids is 3. The molecule has 1 fully saturated rings. The van der Waals surface area contributed by atoms with Gasteiger partial charge in [0.25, 0.3) is 0 Å². The number of imide groups is 1. The van der Waals surface area contributed by atoms with Gasteiger partial charge in [-0.1, -0.05) is 13.8 Å². The molecule has 0 unspecified atom stereocenters. The third-order valence-electron chi connectivity index (χ3n) is 2.89. The lowest BCUT2D eigenvalue weighted by molar-refractivity contribution is -0.133. The van der Waals surface area contributed by atoms with Crippen LogP contribution in [0.5, 0.6) is 0 Å². The first-order chi connectivity index (χ1) is 8.90. The molecule has 0 aromatic carbocycles. The van der Waals surface area contributed by atoms with Crippen molar-refractivity contribution >= 4 is 17.7 Å². The minimum absolute atomic E-state index is 0.233. The summed E-state index contributed by atoms with van der Waals surface area (Å²) in [6.07, 6.45) is 1.28. The fraction of sp³-hybridized carbons (Fsp3) is 0.750. The predicted molar refractivity (Wildman–Crippen MR) is 70.0 cm³/mol. The van der Waals surface area contributed by atoms with Gasteiger partial charge >= 0.3 is 0 Å². The molecule has 7 heteroatoms. The highest BCUT2D eigenvalue weighted by molar-refractivity contribution is 6.00. The Labute approximate surface area is 112 Å². The zero-order valence-electron chi connectivity index (χ0n) is 11.4. The lowest BCUT2D eigenvalue weighted by Crippen LogP contribution is -2.55. The summed E-state index contributed by atoms with van der Waals surface area (Å²) in [6.45, 7) is 4.48. The highest BCUT2D eigenvalue weighted by atomic mass is 16.2. The average Bonchev–Trinajstić information content (AvgIpc) is 2.22. The molecule has 1 rings (SSSR count). The van der Waals surface area contributed by atoms with Crippen LogP contribution in [-0.2, 0) is 14.4 Å². The van der Waals surface area contributed by atoms with Crippen LogP contribution in [-0.4, -0.2) is 42.9 Å². The molecule has 0 spiro atoms. The predicted octanol–water partition coefficient (Wildman–Crippen LogP) is -1.52. The van der Waals surface area contributed by atoms with Gasteiger partial charge in [-0.25, -0.2) is 0 Å². The SMILES string of the molecule is CC(C)C[C@H](N)C(=O)NCC(=O)NC(=O)[C@H]1CCN1. The van der Waals surface area contributed by atoms with Crippen LogP contribution in [0.25, 0.3) is 0 Å². The summed E-state index contributed by atoms with van der Waals surface area (Å²) in [5.74, 6) is -0.945. The molecular formula is C12H22N4O3. The van der Waals surface area contributed by atoms with Crippen molar-refractivity contribution in [1.29, 1.82) is 0 Å². The Balaban J connectivity index is 2.21. The lowest BCUT2D eigenvalue weighted by atomic mass is 10.0. The van der Waals surface area contributed by atoms with E-state index in [-0.39, 0.29) is 24.4 Å². The molecule has 0 aromatic heterocycles. The zero-order valence-corrected chi connectivity index (χ0v) is 11.4. The van der Waals surface area contributed by atoms with Gasteiger partial charge in [0, 0.05) is 0 Å². The van der Waals surface area contributed by atoms with Crippen molar-refractivity contribution in [3.8, 4) is 0 Å². The molecule has 3 amide bonds. The van der Waals surface area contributed by atoms with E-state index in [1.54, 1.807) is 0 Å². The summed E-state index contributed by atoms with van der Waals surface area (Å²) in [5, 5.41) is 7.52. The van der Waals surface area contributed by atoms with Gasteiger partial charge in [0.1, 0.15) is 0 Å². The molecule has 1 aliphatic rings. The summed E-state index contributed by atoms with van der Waals surface area (Å²) in [4.78, 5) is 34.4. The second kappa shape index (κ2) is 7.20. The van der Waals surface area contributed by atoms with Crippen LogP contribution in [0.1, 0.15) is 26.7 Å². The first-order valence-corrected chi connectivity index (χ1v) is 6.50. The highest BCUT2D eigenvalue weighted by Crippen LogP contribution is 2.02.